The molecule has 1 atom stereocenters. The van der Waals surface area contributed by atoms with Crippen molar-refractivity contribution < 1.29 is 18.0 Å². The van der Waals surface area contributed by atoms with E-state index >= 15 is 0 Å². The van der Waals surface area contributed by atoms with Crippen LogP contribution in [0, 0.1) is 0 Å². The zero-order chi connectivity index (χ0) is 22.9. The number of fused-ring (bicyclic) bond motifs is 3. The molecule has 3 aromatic rings. The summed E-state index contributed by atoms with van der Waals surface area (Å²) in [6.07, 6.45) is -4.52. The molecule has 0 saturated carbocycles. The molecule has 162 valence electrons. The van der Waals surface area contributed by atoms with Crippen LogP contribution in [-0.4, -0.2) is 14.9 Å². The second kappa shape index (κ2) is 6.56. The number of benzene rings is 2. The first kappa shape index (κ1) is 20.0. The lowest BCUT2D eigenvalue weighted by molar-refractivity contribution is -0.137. The number of hydrogen-bond donors (Lipinski definition) is 1. The smallest absolute Gasteiger partial charge is 0.340 e. The van der Waals surface area contributed by atoms with Crippen molar-refractivity contribution in [3.8, 4) is 0 Å². The van der Waals surface area contributed by atoms with E-state index in [2.05, 4.69) is 5.32 Å². The van der Waals surface area contributed by atoms with Gasteiger partial charge in [-0.25, -0.2) is 4.79 Å². The molecule has 32 heavy (non-hydrogen) atoms. The molecule has 2 aromatic carbocycles. The number of halogens is 3. The fourth-order valence-corrected chi connectivity index (χ4v) is 4.46. The summed E-state index contributed by atoms with van der Waals surface area (Å²) in [6.45, 7) is 0. The van der Waals surface area contributed by atoms with Gasteiger partial charge in [0.25, 0.3) is 5.56 Å². The zero-order valence-electron chi connectivity index (χ0n) is 16.9. The average Bonchev–Trinajstić information content (AvgIpc) is 3.06. The third-order valence-corrected chi connectivity index (χ3v) is 6.05. The number of ketones is 1. The van der Waals surface area contributed by atoms with E-state index in [0.29, 0.717) is 22.4 Å². The van der Waals surface area contributed by atoms with Gasteiger partial charge in [-0.1, -0.05) is 36.4 Å². The van der Waals surface area contributed by atoms with Gasteiger partial charge < -0.3 is 5.32 Å². The van der Waals surface area contributed by atoms with Crippen LogP contribution in [0.15, 0.2) is 63.7 Å². The third kappa shape index (κ3) is 2.63. The molecule has 2 heterocycles. The van der Waals surface area contributed by atoms with Gasteiger partial charge in [0.15, 0.2) is 5.78 Å². The number of alkyl halides is 3. The fourth-order valence-electron chi connectivity index (χ4n) is 4.46. The maximum Gasteiger partial charge on any atom is 0.416 e. The van der Waals surface area contributed by atoms with Gasteiger partial charge in [0, 0.05) is 36.7 Å². The zero-order valence-corrected chi connectivity index (χ0v) is 16.9. The van der Waals surface area contributed by atoms with Crippen LogP contribution < -0.4 is 16.6 Å². The summed E-state index contributed by atoms with van der Waals surface area (Å²) >= 11 is 0. The summed E-state index contributed by atoms with van der Waals surface area (Å²) in [7, 11) is 2.82. The van der Waals surface area contributed by atoms with Gasteiger partial charge in [-0.05, 0) is 17.7 Å². The van der Waals surface area contributed by atoms with E-state index in [0.717, 1.165) is 16.7 Å². The quantitative estimate of drug-likeness (QED) is 0.632. The van der Waals surface area contributed by atoms with Gasteiger partial charge >= 0.3 is 11.9 Å². The van der Waals surface area contributed by atoms with Gasteiger partial charge in [-0.15, -0.1) is 0 Å². The number of rotatable bonds is 1. The van der Waals surface area contributed by atoms with Gasteiger partial charge in [-0.2, -0.15) is 13.2 Å². The van der Waals surface area contributed by atoms with Crippen molar-refractivity contribution >= 4 is 17.3 Å². The number of carbonyl (C=O) groups excluding carboxylic acids is 1. The van der Waals surface area contributed by atoms with Crippen LogP contribution >= 0.6 is 0 Å². The number of hydrogen-bond acceptors (Lipinski definition) is 4. The highest BCUT2D eigenvalue weighted by Gasteiger charge is 2.43. The van der Waals surface area contributed by atoms with Crippen LogP contribution in [0.1, 0.15) is 38.5 Å². The molecule has 0 amide bonds. The highest BCUT2D eigenvalue weighted by atomic mass is 19.4. The van der Waals surface area contributed by atoms with Crippen LogP contribution in [0.4, 0.5) is 19.0 Å². The van der Waals surface area contributed by atoms with Gasteiger partial charge in [-0.3, -0.25) is 18.7 Å². The summed E-state index contributed by atoms with van der Waals surface area (Å²) in [5.74, 6) is -1.03. The first-order valence-corrected chi connectivity index (χ1v) is 9.73. The molecule has 5 rings (SSSR count). The van der Waals surface area contributed by atoms with Crippen molar-refractivity contribution in [3.63, 3.8) is 0 Å². The number of nitrogens with zero attached hydrogens (tertiary/aromatic N) is 2. The lowest BCUT2D eigenvalue weighted by atomic mass is 9.81. The molecule has 2 aliphatic rings. The van der Waals surface area contributed by atoms with Crippen molar-refractivity contribution in [3.05, 3.63) is 103 Å². The predicted octanol–water partition coefficient (Wildman–Crippen LogP) is 3.27. The fraction of sp³-hybridized carbons (Fsp3) is 0.174. The van der Waals surface area contributed by atoms with E-state index in [1.54, 1.807) is 24.3 Å². The Kier molecular flexibility index (Phi) is 4.11. The summed E-state index contributed by atoms with van der Waals surface area (Å²) in [6, 6.07) is 11.3. The van der Waals surface area contributed by atoms with Crippen molar-refractivity contribution in [2.75, 3.05) is 5.32 Å². The van der Waals surface area contributed by atoms with Crippen molar-refractivity contribution in [2.45, 2.75) is 12.1 Å². The van der Waals surface area contributed by atoms with Gasteiger partial charge in [0.1, 0.15) is 5.82 Å². The molecule has 0 fully saturated rings. The molecule has 1 N–H and O–H groups in total. The maximum atomic E-state index is 13.3. The topological polar surface area (TPSA) is 73.1 Å². The summed E-state index contributed by atoms with van der Waals surface area (Å²) < 4.78 is 41.5. The lowest BCUT2D eigenvalue weighted by Gasteiger charge is -2.29. The van der Waals surface area contributed by atoms with Crippen molar-refractivity contribution in [1.29, 1.82) is 0 Å². The van der Waals surface area contributed by atoms with Crippen LogP contribution in [0.3, 0.4) is 0 Å². The minimum absolute atomic E-state index is 0.134. The van der Waals surface area contributed by atoms with E-state index in [9.17, 15) is 27.6 Å². The third-order valence-electron chi connectivity index (χ3n) is 6.05. The van der Waals surface area contributed by atoms with Gasteiger partial charge in [0.2, 0.25) is 0 Å². The number of carbonyl (C=O) groups is 1. The van der Waals surface area contributed by atoms with Crippen molar-refractivity contribution in [2.24, 2.45) is 14.1 Å². The minimum Gasteiger partial charge on any atom is -0.340 e. The average molecular weight is 439 g/mol. The van der Waals surface area contributed by atoms with E-state index in [1.807, 2.05) is 0 Å². The van der Waals surface area contributed by atoms with Crippen LogP contribution in [0.2, 0.25) is 0 Å². The van der Waals surface area contributed by atoms with E-state index in [4.69, 9.17) is 0 Å². The van der Waals surface area contributed by atoms with E-state index in [-0.39, 0.29) is 22.7 Å². The molecule has 0 bridgehead atoms. The second-order valence-corrected chi connectivity index (χ2v) is 7.81. The van der Waals surface area contributed by atoms with Crippen LogP contribution in [0.5, 0.6) is 0 Å². The monoisotopic (exact) mass is 439 g/mol. The first-order chi connectivity index (χ1) is 15.1. The molecule has 0 radical (unpaired) electrons. The largest absolute Gasteiger partial charge is 0.416 e. The molecular formula is C23H16F3N3O3. The molecule has 1 aromatic heterocycles. The summed E-state index contributed by atoms with van der Waals surface area (Å²) in [5, 5.41) is 3.09. The van der Waals surface area contributed by atoms with Crippen LogP contribution in [-0.2, 0) is 20.3 Å². The molecule has 0 unspecified atom stereocenters. The SMILES string of the molecule is Cn1c2c(c(=O)n(C)c1=O)[C@H](c1ccc(C(F)(F)F)cc1)C1=C(N2)c2ccccc2C1=O. The standard InChI is InChI=1S/C23H16F3N3O3/c1-28-20-17(21(31)29(2)22(28)32)15(11-7-9-12(10-8-11)23(24,25)26)16-18(27-20)13-5-3-4-6-14(13)19(16)30/h3-10,15,27H,1-2H3/t15-/m1/s1. The Balaban J connectivity index is 1.82. The molecule has 0 spiro atoms. The Labute approximate surface area is 179 Å². The number of nitrogens with one attached hydrogen (secondary N) is 1. The lowest BCUT2D eigenvalue weighted by Crippen LogP contribution is -2.42. The van der Waals surface area contributed by atoms with Crippen LogP contribution in [0.25, 0.3) is 5.70 Å². The predicted molar refractivity (Wildman–Crippen MR) is 112 cm³/mol. The normalized spacial score (nSPS) is 17.0. The highest BCUT2D eigenvalue weighted by Crippen LogP contribution is 2.48. The Morgan fingerprint density at radius 1 is 0.875 bits per heavy atom. The summed E-state index contributed by atoms with van der Waals surface area (Å²) in [4.78, 5) is 39.0. The molecule has 1 aliphatic carbocycles. The highest BCUT2D eigenvalue weighted by molar-refractivity contribution is 6.23. The Hall–Kier alpha value is -3.88. The molecule has 0 saturated heterocycles. The minimum atomic E-state index is -4.52. The molecule has 1 aliphatic heterocycles. The summed E-state index contributed by atoms with van der Waals surface area (Å²) in [5.41, 5.74) is 0.239. The number of anilines is 1. The second-order valence-electron chi connectivity index (χ2n) is 7.81. The Bertz CT molecular complexity index is 1460. The van der Waals surface area contributed by atoms with E-state index < -0.39 is 28.9 Å². The number of allylic oxidation sites excluding steroid dienone is 1. The molecule has 9 heteroatoms. The Morgan fingerprint density at radius 2 is 1.50 bits per heavy atom. The molecule has 6 nitrogen and oxygen atoms in total. The molecular weight excluding hydrogens is 423 g/mol. The maximum absolute atomic E-state index is 13.3. The van der Waals surface area contributed by atoms with Crippen molar-refractivity contribution in [1.82, 2.24) is 9.13 Å². The number of Topliss-reactive ketones (excluding diaryl/α,β-unsaturated/α-hetero) is 1. The Morgan fingerprint density at radius 3 is 2.12 bits per heavy atom. The first-order valence-electron chi connectivity index (χ1n) is 9.73. The van der Waals surface area contributed by atoms with E-state index in [1.165, 1.54) is 30.8 Å². The van der Waals surface area contributed by atoms with Gasteiger partial charge in [0.05, 0.1) is 16.8 Å². The number of aromatic nitrogens is 2.